The van der Waals surface area contributed by atoms with Gasteiger partial charge in [-0.05, 0) is 43.0 Å². The molecule has 1 aromatic carbocycles. The Bertz CT molecular complexity index is 565. The number of fused-ring (bicyclic) bond motifs is 1. The first-order valence-electron chi connectivity index (χ1n) is 7.26. The number of carboxylic acid groups (broad SMARTS) is 1. The van der Waals surface area contributed by atoms with E-state index in [0.717, 1.165) is 17.5 Å². The second-order valence-corrected chi connectivity index (χ2v) is 5.88. The van der Waals surface area contributed by atoms with Crippen LogP contribution in [0.1, 0.15) is 41.8 Å². The minimum Gasteiger partial charge on any atom is -0.478 e. The van der Waals surface area contributed by atoms with Crippen molar-refractivity contribution in [2.45, 2.75) is 33.2 Å². The number of nitrogens with zero attached hydrogens (tertiary/aromatic N) is 1. The zero-order valence-electron chi connectivity index (χ0n) is 12.6. The molecule has 0 aliphatic carbocycles. The summed E-state index contributed by atoms with van der Waals surface area (Å²) in [5.74, 6) is -0.888. The number of rotatable bonds is 4. The minimum absolute atomic E-state index is 0.0545. The lowest BCUT2D eigenvalue weighted by molar-refractivity contribution is -0.142. The fourth-order valence-electron chi connectivity index (χ4n) is 2.63. The van der Waals surface area contributed by atoms with Crippen LogP contribution in [0.25, 0.3) is 0 Å². The van der Waals surface area contributed by atoms with Crippen LogP contribution in [-0.4, -0.2) is 35.0 Å². The summed E-state index contributed by atoms with van der Waals surface area (Å²) < 4.78 is 0. The molecule has 0 fully saturated rings. The number of carbonyl (C=O) groups excluding carboxylic acids is 1. The molecule has 0 radical (unpaired) electrons. The lowest BCUT2D eigenvalue weighted by atomic mass is 9.85. The molecule has 0 saturated heterocycles. The van der Waals surface area contributed by atoms with Gasteiger partial charge in [-0.25, -0.2) is 4.79 Å². The molecule has 0 bridgehead atoms. The molecule has 1 aliphatic rings. The summed E-state index contributed by atoms with van der Waals surface area (Å²) >= 11 is 0. The van der Waals surface area contributed by atoms with Crippen molar-refractivity contribution in [2.75, 3.05) is 13.1 Å². The van der Waals surface area contributed by atoms with Crippen LogP contribution in [0.15, 0.2) is 18.2 Å². The molecule has 2 rings (SSSR count). The van der Waals surface area contributed by atoms with Crippen LogP contribution >= 0.6 is 0 Å². The highest BCUT2D eigenvalue weighted by Gasteiger charge is 2.35. The maximum atomic E-state index is 12.6. The molecule has 5 nitrogen and oxygen atoms in total. The molecule has 0 aromatic heterocycles. The van der Waals surface area contributed by atoms with Crippen LogP contribution in [-0.2, 0) is 17.8 Å². The standard InChI is InChI=1S/C16H22N2O3/c1-3-16(2,10-17)15(21)18-7-6-11-4-5-12(14(19)20)8-13(11)9-18/h4-5,8H,3,6-7,9-10,17H2,1-2H3,(H,19,20). The molecule has 1 atom stereocenters. The van der Waals surface area contributed by atoms with Gasteiger partial charge in [-0.1, -0.05) is 13.0 Å². The van der Waals surface area contributed by atoms with Crippen molar-refractivity contribution in [2.24, 2.45) is 11.1 Å². The van der Waals surface area contributed by atoms with Crippen LogP contribution in [0, 0.1) is 5.41 Å². The van der Waals surface area contributed by atoms with Gasteiger partial charge in [0.25, 0.3) is 0 Å². The summed E-state index contributed by atoms with van der Waals surface area (Å²) in [6, 6.07) is 5.14. The highest BCUT2D eigenvalue weighted by Crippen LogP contribution is 2.27. The molecular weight excluding hydrogens is 268 g/mol. The van der Waals surface area contributed by atoms with Crippen molar-refractivity contribution >= 4 is 11.9 Å². The Morgan fingerprint density at radius 2 is 2.10 bits per heavy atom. The third kappa shape index (κ3) is 2.93. The largest absolute Gasteiger partial charge is 0.478 e. The number of hydrogen-bond acceptors (Lipinski definition) is 3. The number of carbonyl (C=O) groups is 2. The van der Waals surface area contributed by atoms with Gasteiger partial charge in [0.2, 0.25) is 5.91 Å². The van der Waals surface area contributed by atoms with Gasteiger partial charge in [0.15, 0.2) is 0 Å². The molecule has 0 spiro atoms. The van der Waals surface area contributed by atoms with Gasteiger partial charge in [0, 0.05) is 19.6 Å². The Balaban J connectivity index is 2.24. The topological polar surface area (TPSA) is 83.6 Å². The second kappa shape index (κ2) is 5.85. The van der Waals surface area contributed by atoms with E-state index in [1.165, 1.54) is 0 Å². The average Bonchev–Trinajstić information content (AvgIpc) is 2.52. The van der Waals surface area contributed by atoms with Crippen LogP contribution in [0.2, 0.25) is 0 Å². The average molecular weight is 290 g/mol. The van der Waals surface area contributed by atoms with Gasteiger partial charge in [-0.2, -0.15) is 0 Å². The molecule has 1 heterocycles. The lowest BCUT2D eigenvalue weighted by Gasteiger charge is -2.36. The van der Waals surface area contributed by atoms with Gasteiger partial charge in [-0.15, -0.1) is 0 Å². The monoisotopic (exact) mass is 290 g/mol. The van der Waals surface area contributed by atoms with E-state index in [0.29, 0.717) is 26.1 Å². The fourth-order valence-corrected chi connectivity index (χ4v) is 2.63. The van der Waals surface area contributed by atoms with Gasteiger partial charge in [-0.3, -0.25) is 4.79 Å². The van der Waals surface area contributed by atoms with E-state index < -0.39 is 11.4 Å². The van der Waals surface area contributed by atoms with Gasteiger partial charge in [0.05, 0.1) is 11.0 Å². The number of nitrogens with two attached hydrogens (primary N) is 1. The zero-order chi connectivity index (χ0) is 15.6. The van der Waals surface area contributed by atoms with Crippen LogP contribution in [0.5, 0.6) is 0 Å². The first-order chi connectivity index (χ1) is 9.91. The molecule has 1 aromatic rings. The fraction of sp³-hybridized carbons (Fsp3) is 0.500. The molecule has 21 heavy (non-hydrogen) atoms. The van der Waals surface area contributed by atoms with Crippen molar-refractivity contribution in [1.29, 1.82) is 0 Å². The smallest absolute Gasteiger partial charge is 0.335 e. The Kier molecular flexibility index (Phi) is 4.32. The molecular formula is C16H22N2O3. The van der Waals surface area contributed by atoms with E-state index in [1.54, 1.807) is 17.0 Å². The summed E-state index contributed by atoms with van der Waals surface area (Å²) in [7, 11) is 0. The molecule has 1 aliphatic heterocycles. The predicted molar refractivity (Wildman–Crippen MR) is 80.0 cm³/mol. The number of carboxylic acids is 1. The van der Waals surface area contributed by atoms with E-state index in [2.05, 4.69) is 0 Å². The van der Waals surface area contributed by atoms with Gasteiger partial charge >= 0.3 is 5.97 Å². The van der Waals surface area contributed by atoms with Crippen LogP contribution in [0.3, 0.4) is 0 Å². The van der Waals surface area contributed by atoms with Crippen molar-refractivity contribution in [3.63, 3.8) is 0 Å². The highest BCUT2D eigenvalue weighted by atomic mass is 16.4. The van der Waals surface area contributed by atoms with Crippen molar-refractivity contribution in [3.05, 3.63) is 34.9 Å². The maximum absolute atomic E-state index is 12.6. The predicted octanol–water partition coefficient (Wildman–Crippen LogP) is 1.64. The maximum Gasteiger partial charge on any atom is 0.335 e. The number of hydrogen-bond donors (Lipinski definition) is 2. The third-order valence-electron chi connectivity index (χ3n) is 4.50. The molecule has 1 unspecified atom stereocenters. The van der Waals surface area contributed by atoms with E-state index in [-0.39, 0.29) is 11.5 Å². The van der Waals surface area contributed by atoms with Crippen LogP contribution < -0.4 is 5.73 Å². The van der Waals surface area contributed by atoms with Crippen molar-refractivity contribution < 1.29 is 14.7 Å². The number of aromatic carboxylic acids is 1. The Labute approximate surface area is 124 Å². The van der Waals surface area contributed by atoms with E-state index in [1.807, 2.05) is 19.9 Å². The lowest BCUT2D eigenvalue weighted by Crippen LogP contribution is -2.47. The Hall–Kier alpha value is -1.88. The Morgan fingerprint density at radius 1 is 1.38 bits per heavy atom. The minimum atomic E-state index is -0.943. The van der Waals surface area contributed by atoms with Gasteiger partial charge < -0.3 is 15.7 Å². The van der Waals surface area contributed by atoms with E-state index >= 15 is 0 Å². The SMILES string of the molecule is CCC(C)(CN)C(=O)N1CCc2ccc(C(=O)O)cc2C1. The molecule has 5 heteroatoms. The molecule has 114 valence electrons. The normalized spacial score (nSPS) is 17.0. The summed E-state index contributed by atoms with van der Waals surface area (Å²) in [6.45, 7) is 5.29. The van der Waals surface area contributed by atoms with Gasteiger partial charge in [0.1, 0.15) is 0 Å². The Morgan fingerprint density at radius 3 is 2.67 bits per heavy atom. The molecule has 3 N–H and O–H groups in total. The zero-order valence-corrected chi connectivity index (χ0v) is 12.6. The number of amides is 1. The van der Waals surface area contributed by atoms with Crippen molar-refractivity contribution in [3.8, 4) is 0 Å². The quantitative estimate of drug-likeness (QED) is 0.883. The van der Waals surface area contributed by atoms with Crippen molar-refractivity contribution in [1.82, 2.24) is 4.90 Å². The second-order valence-electron chi connectivity index (χ2n) is 5.88. The summed E-state index contributed by atoms with van der Waals surface area (Å²) in [5.41, 5.74) is 7.52. The highest BCUT2D eigenvalue weighted by molar-refractivity contribution is 5.88. The molecule has 0 saturated carbocycles. The first kappa shape index (κ1) is 15.5. The summed E-state index contributed by atoms with van der Waals surface area (Å²) in [5, 5.41) is 9.07. The summed E-state index contributed by atoms with van der Waals surface area (Å²) in [6.07, 6.45) is 1.45. The number of benzene rings is 1. The van der Waals surface area contributed by atoms with E-state index in [9.17, 15) is 9.59 Å². The summed E-state index contributed by atoms with van der Waals surface area (Å²) in [4.78, 5) is 25.5. The molecule has 1 amide bonds. The first-order valence-corrected chi connectivity index (χ1v) is 7.26. The van der Waals surface area contributed by atoms with E-state index in [4.69, 9.17) is 10.8 Å². The van der Waals surface area contributed by atoms with Crippen LogP contribution in [0.4, 0.5) is 0 Å². The third-order valence-corrected chi connectivity index (χ3v) is 4.50.